The number of carbonyl (C=O) groups excluding carboxylic acids is 2. The number of benzene rings is 4. The van der Waals surface area contributed by atoms with Crippen LogP contribution in [-0.2, 0) is 21.2 Å². The van der Waals surface area contributed by atoms with Crippen molar-refractivity contribution in [3.8, 4) is 0 Å². The van der Waals surface area contributed by atoms with E-state index in [9.17, 15) is 18.0 Å². The van der Waals surface area contributed by atoms with E-state index < -0.39 is 22.5 Å². The lowest BCUT2D eigenvalue weighted by Crippen LogP contribution is -2.38. The predicted molar refractivity (Wildman–Crippen MR) is 154 cm³/mol. The minimum Gasteiger partial charge on any atom is -0.352 e. The zero-order valence-electron chi connectivity index (χ0n) is 21.9. The summed E-state index contributed by atoms with van der Waals surface area (Å²) < 4.78 is 28.4. The monoisotopic (exact) mass is 541 g/mol. The number of amides is 2. The Labute approximate surface area is 229 Å². The van der Waals surface area contributed by atoms with Crippen LogP contribution in [0.25, 0.3) is 0 Å². The molecule has 2 amide bonds. The van der Waals surface area contributed by atoms with Gasteiger partial charge in [0.15, 0.2) is 0 Å². The van der Waals surface area contributed by atoms with Crippen molar-refractivity contribution in [3.63, 3.8) is 0 Å². The Morgan fingerprint density at radius 2 is 1.46 bits per heavy atom. The molecule has 0 aliphatic carbocycles. The maximum absolute atomic E-state index is 13.6. The van der Waals surface area contributed by atoms with E-state index in [4.69, 9.17) is 0 Å². The Morgan fingerprint density at radius 3 is 2.18 bits per heavy atom. The van der Waals surface area contributed by atoms with Gasteiger partial charge >= 0.3 is 0 Å². The zero-order valence-corrected chi connectivity index (χ0v) is 22.7. The number of sulfonamides is 1. The normalized spacial score (nSPS) is 11.0. The van der Waals surface area contributed by atoms with Crippen molar-refractivity contribution < 1.29 is 18.0 Å². The average Bonchev–Trinajstić information content (AvgIpc) is 2.93. The molecule has 0 spiro atoms. The summed E-state index contributed by atoms with van der Waals surface area (Å²) in [5, 5.41) is 5.63. The number of rotatable bonds is 10. The van der Waals surface area contributed by atoms with Crippen molar-refractivity contribution in [1.29, 1.82) is 0 Å². The van der Waals surface area contributed by atoms with Crippen LogP contribution in [0.5, 0.6) is 0 Å². The molecule has 0 aliphatic heterocycles. The Balaban J connectivity index is 1.52. The highest BCUT2D eigenvalue weighted by molar-refractivity contribution is 7.92. The van der Waals surface area contributed by atoms with Crippen molar-refractivity contribution in [2.24, 2.45) is 0 Å². The summed E-state index contributed by atoms with van der Waals surface area (Å²) in [6, 6.07) is 29.9. The van der Waals surface area contributed by atoms with Gasteiger partial charge in [-0.15, -0.1) is 0 Å². The summed E-state index contributed by atoms with van der Waals surface area (Å²) in [6.45, 7) is 3.69. The molecule has 0 radical (unpaired) electrons. The fourth-order valence-electron chi connectivity index (χ4n) is 4.11. The molecular formula is C31H31N3O4S. The first-order valence-corrected chi connectivity index (χ1v) is 14.0. The fraction of sp³-hybridized carbons (Fsp3) is 0.161. The van der Waals surface area contributed by atoms with E-state index >= 15 is 0 Å². The standard InChI is InChI=1S/C31H31N3O4S/c1-23-15-17-27(18-16-23)39(37,38)34(26-12-8-9-24(2)21-26)22-30(35)33-29-14-7-6-13-28(29)31(36)32-20-19-25-10-4-3-5-11-25/h3-18,21H,19-20,22H2,1-2H3,(H,32,36)(H,33,35). The number of aryl methyl sites for hydroxylation is 2. The summed E-state index contributed by atoms with van der Waals surface area (Å²) in [4.78, 5) is 26.2. The topological polar surface area (TPSA) is 95.6 Å². The summed E-state index contributed by atoms with van der Waals surface area (Å²) in [5.74, 6) is -0.902. The molecule has 200 valence electrons. The summed E-state index contributed by atoms with van der Waals surface area (Å²) >= 11 is 0. The van der Waals surface area contributed by atoms with Crippen LogP contribution in [0.2, 0.25) is 0 Å². The lowest BCUT2D eigenvalue weighted by atomic mass is 10.1. The van der Waals surface area contributed by atoms with Gasteiger partial charge in [-0.25, -0.2) is 8.42 Å². The van der Waals surface area contributed by atoms with E-state index in [2.05, 4.69) is 10.6 Å². The zero-order chi connectivity index (χ0) is 27.8. The van der Waals surface area contributed by atoms with Crippen molar-refractivity contribution in [1.82, 2.24) is 5.32 Å². The number of hydrogen-bond donors (Lipinski definition) is 2. The number of nitrogens with one attached hydrogen (secondary N) is 2. The van der Waals surface area contributed by atoms with Gasteiger partial charge in [0.25, 0.3) is 15.9 Å². The van der Waals surface area contributed by atoms with Gasteiger partial charge in [0, 0.05) is 6.54 Å². The lowest BCUT2D eigenvalue weighted by Gasteiger charge is -2.24. The molecule has 0 atom stereocenters. The third-order valence-electron chi connectivity index (χ3n) is 6.17. The van der Waals surface area contributed by atoms with Gasteiger partial charge in [-0.2, -0.15) is 0 Å². The second-order valence-electron chi connectivity index (χ2n) is 9.25. The van der Waals surface area contributed by atoms with E-state index in [1.165, 1.54) is 12.1 Å². The average molecular weight is 542 g/mol. The molecule has 0 unspecified atom stereocenters. The fourth-order valence-corrected chi connectivity index (χ4v) is 5.52. The molecule has 4 rings (SSSR count). The Bertz CT molecular complexity index is 1550. The van der Waals surface area contributed by atoms with E-state index in [1.807, 2.05) is 50.2 Å². The molecule has 0 aliphatic rings. The minimum absolute atomic E-state index is 0.0839. The molecule has 39 heavy (non-hydrogen) atoms. The van der Waals surface area contributed by atoms with Crippen molar-refractivity contribution >= 4 is 33.2 Å². The van der Waals surface area contributed by atoms with Crippen LogP contribution in [0.15, 0.2) is 108 Å². The number of nitrogens with zero attached hydrogens (tertiary/aromatic N) is 1. The molecule has 0 saturated carbocycles. The largest absolute Gasteiger partial charge is 0.352 e. The Kier molecular flexibility index (Phi) is 8.78. The van der Waals surface area contributed by atoms with Gasteiger partial charge in [-0.3, -0.25) is 13.9 Å². The van der Waals surface area contributed by atoms with Crippen LogP contribution in [-0.4, -0.2) is 33.3 Å². The molecule has 4 aromatic carbocycles. The van der Waals surface area contributed by atoms with Crippen LogP contribution >= 0.6 is 0 Å². The first-order valence-electron chi connectivity index (χ1n) is 12.6. The summed E-state index contributed by atoms with van der Waals surface area (Å²) in [6.07, 6.45) is 0.670. The highest BCUT2D eigenvalue weighted by atomic mass is 32.2. The number of carbonyl (C=O) groups is 2. The molecule has 0 saturated heterocycles. The molecular weight excluding hydrogens is 510 g/mol. The highest BCUT2D eigenvalue weighted by Gasteiger charge is 2.27. The van der Waals surface area contributed by atoms with Gasteiger partial charge in [0.1, 0.15) is 6.54 Å². The van der Waals surface area contributed by atoms with Crippen LogP contribution in [0.3, 0.4) is 0 Å². The highest BCUT2D eigenvalue weighted by Crippen LogP contribution is 2.25. The quantitative estimate of drug-likeness (QED) is 0.292. The molecule has 0 bridgehead atoms. The van der Waals surface area contributed by atoms with E-state index in [0.29, 0.717) is 29.9 Å². The molecule has 0 fully saturated rings. The second kappa shape index (κ2) is 12.4. The van der Waals surface area contributed by atoms with Crippen LogP contribution in [0.1, 0.15) is 27.0 Å². The summed E-state index contributed by atoms with van der Waals surface area (Å²) in [5.41, 5.74) is 3.85. The molecule has 8 heteroatoms. The van der Waals surface area contributed by atoms with Crippen LogP contribution < -0.4 is 14.9 Å². The molecule has 0 heterocycles. The van der Waals surface area contributed by atoms with Crippen LogP contribution in [0, 0.1) is 13.8 Å². The van der Waals surface area contributed by atoms with E-state index in [0.717, 1.165) is 21.0 Å². The van der Waals surface area contributed by atoms with E-state index in [1.54, 1.807) is 54.6 Å². The minimum atomic E-state index is -4.05. The SMILES string of the molecule is Cc1ccc(S(=O)(=O)N(CC(=O)Nc2ccccc2C(=O)NCCc2ccccc2)c2cccc(C)c2)cc1. The Hall–Kier alpha value is -4.43. The smallest absolute Gasteiger partial charge is 0.264 e. The maximum Gasteiger partial charge on any atom is 0.264 e. The molecule has 0 aromatic heterocycles. The first-order chi connectivity index (χ1) is 18.7. The predicted octanol–water partition coefficient (Wildman–Crippen LogP) is 5.11. The third kappa shape index (κ3) is 7.12. The first kappa shape index (κ1) is 27.6. The van der Waals surface area contributed by atoms with Crippen molar-refractivity contribution in [3.05, 3.63) is 125 Å². The van der Waals surface area contributed by atoms with Crippen molar-refractivity contribution in [2.45, 2.75) is 25.2 Å². The molecule has 2 N–H and O–H groups in total. The maximum atomic E-state index is 13.6. The lowest BCUT2D eigenvalue weighted by molar-refractivity contribution is -0.114. The number of hydrogen-bond acceptors (Lipinski definition) is 4. The summed E-state index contributed by atoms with van der Waals surface area (Å²) in [7, 11) is -4.05. The van der Waals surface area contributed by atoms with E-state index in [-0.39, 0.29) is 10.8 Å². The van der Waals surface area contributed by atoms with Gasteiger partial charge < -0.3 is 10.6 Å². The van der Waals surface area contributed by atoms with Crippen LogP contribution in [0.4, 0.5) is 11.4 Å². The van der Waals surface area contributed by atoms with Gasteiger partial charge in [-0.05, 0) is 67.8 Å². The Morgan fingerprint density at radius 1 is 0.769 bits per heavy atom. The number of anilines is 2. The third-order valence-corrected chi connectivity index (χ3v) is 7.96. The van der Waals surface area contributed by atoms with Gasteiger partial charge in [0.05, 0.1) is 21.8 Å². The van der Waals surface area contributed by atoms with Gasteiger partial charge in [-0.1, -0.05) is 72.3 Å². The van der Waals surface area contributed by atoms with Crippen molar-refractivity contribution in [2.75, 3.05) is 22.7 Å². The van der Waals surface area contributed by atoms with Gasteiger partial charge in [0.2, 0.25) is 5.91 Å². The molecule has 4 aromatic rings. The molecule has 7 nitrogen and oxygen atoms in total. The number of para-hydroxylation sites is 1. The second-order valence-corrected chi connectivity index (χ2v) is 11.1.